The van der Waals surface area contributed by atoms with Gasteiger partial charge in [0.15, 0.2) is 0 Å². The number of nitrogens with zero attached hydrogens (tertiary/aromatic N) is 2. The number of amides is 1. The number of para-hydroxylation sites is 2. The summed E-state index contributed by atoms with van der Waals surface area (Å²) in [5.41, 5.74) is 7.56. The molecule has 1 aliphatic rings. The topological polar surface area (TPSA) is 72.9 Å². The van der Waals surface area contributed by atoms with E-state index in [1.165, 1.54) is 0 Å². The molecule has 0 aliphatic heterocycles. The van der Waals surface area contributed by atoms with Crippen molar-refractivity contribution in [2.45, 2.75) is 37.6 Å². The standard InChI is InChI=1S/C17H24N4OS/c1-17(11-18,12-7-8-12)20-16(22)9-21-14-6-4-3-5-13(14)19-15(21)10-23-2/h3-6,12H,7-11,18H2,1-2H3,(H,20,22). The molecule has 23 heavy (non-hydrogen) atoms. The lowest BCUT2D eigenvalue weighted by Gasteiger charge is -2.29. The number of rotatable bonds is 7. The molecule has 1 saturated carbocycles. The minimum atomic E-state index is -0.285. The maximum atomic E-state index is 12.6. The van der Waals surface area contributed by atoms with Crippen LogP contribution in [0, 0.1) is 5.92 Å². The molecule has 1 aliphatic carbocycles. The lowest BCUT2D eigenvalue weighted by molar-refractivity contribution is -0.123. The summed E-state index contributed by atoms with van der Waals surface area (Å²) in [6, 6.07) is 7.96. The molecule has 1 heterocycles. The van der Waals surface area contributed by atoms with Gasteiger partial charge in [0.25, 0.3) is 0 Å². The summed E-state index contributed by atoms with van der Waals surface area (Å²) in [6.07, 6.45) is 4.35. The van der Waals surface area contributed by atoms with Crippen molar-refractivity contribution >= 4 is 28.7 Å². The third-order valence-electron chi connectivity index (χ3n) is 4.64. The van der Waals surface area contributed by atoms with E-state index in [4.69, 9.17) is 5.73 Å². The van der Waals surface area contributed by atoms with Gasteiger partial charge in [-0.15, -0.1) is 0 Å². The van der Waals surface area contributed by atoms with E-state index in [0.717, 1.165) is 35.5 Å². The minimum Gasteiger partial charge on any atom is -0.348 e. The molecule has 0 bridgehead atoms. The molecule has 0 radical (unpaired) electrons. The molecule has 3 rings (SSSR count). The second-order valence-corrected chi connectivity index (χ2v) is 7.35. The molecule has 0 saturated heterocycles. The molecule has 1 fully saturated rings. The number of imidazole rings is 1. The number of hydrogen-bond donors (Lipinski definition) is 2. The number of nitrogens with one attached hydrogen (secondary N) is 1. The SMILES string of the molecule is CSCc1nc2ccccc2n1CC(=O)NC(C)(CN)C1CC1. The molecule has 5 nitrogen and oxygen atoms in total. The zero-order chi connectivity index (χ0) is 16.4. The predicted molar refractivity (Wildman–Crippen MR) is 95.3 cm³/mol. The molecule has 6 heteroatoms. The molecular formula is C17H24N4OS. The van der Waals surface area contributed by atoms with Crippen LogP contribution in [0.1, 0.15) is 25.6 Å². The Kier molecular flexibility index (Phi) is 4.64. The highest BCUT2D eigenvalue weighted by molar-refractivity contribution is 7.97. The Labute approximate surface area is 141 Å². The van der Waals surface area contributed by atoms with Crippen molar-refractivity contribution in [2.75, 3.05) is 12.8 Å². The van der Waals surface area contributed by atoms with Crippen molar-refractivity contribution in [1.82, 2.24) is 14.9 Å². The van der Waals surface area contributed by atoms with Gasteiger partial charge in [-0.2, -0.15) is 11.8 Å². The third kappa shape index (κ3) is 3.38. The normalized spacial score (nSPS) is 17.2. The number of fused-ring (bicyclic) bond motifs is 1. The lowest BCUT2D eigenvalue weighted by atomic mass is 9.96. The highest BCUT2D eigenvalue weighted by Crippen LogP contribution is 2.39. The molecule has 1 aromatic carbocycles. The van der Waals surface area contributed by atoms with Crippen LogP contribution >= 0.6 is 11.8 Å². The number of aromatic nitrogens is 2. The smallest absolute Gasteiger partial charge is 0.240 e. The van der Waals surface area contributed by atoms with Gasteiger partial charge in [0.1, 0.15) is 12.4 Å². The zero-order valence-corrected chi connectivity index (χ0v) is 14.5. The third-order valence-corrected chi connectivity index (χ3v) is 5.18. The largest absolute Gasteiger partial charge is 0.348 e. The Morgan fingerprint density at radius 1 is 1.48 bits per heavy atom. The van der Waals surface area contributed by atoms with Gasteiger partial charge in [0, 0.05) is 6.54 Å². The zero-order valence-electron chi connectivity index (χ0n) is 13.7. The first-order chi connectivity index (χ1) is 11.1. The van der Waals surface area contributed by atoms with Crippen molar-refractivity contribution in [2.24, 2.45) is 11.7 Å². The molecule has 1 unspecified atom stereocenters. The summed E-state index contributed by atoms with van der Waals surface area (Å²) in [6.45, 7) is 2.82. The van der Waals surface area contributed by atoms with Crippen LogP contribution in [0.15, 0.2) is 24.3 Å². The van der Waals surface area contributed by atoms with Crippen molar-refractivity contribution in [3.05, 3.63) is 30.1 Å². The second kappa shape index (κ2) is 6.53. The first kappa shape index (κ1) is 16.3. The van der Waals surface area contributed by atoms with E-state index in [2.05, 4.69) is 17.2 Å². The monoisotopic (exact) mass is 332 g/mol. The van der Waals surface area contributed by atoms with Crippen LogP contribution in [0.5, 0.6) is 0 Å². The number of thioether (sulfide) groups is 1. The Hall–Kier alpha value is -1.53. The average molecular weight is 332 g/mol. The Morgan fingerprint density at radius 3 is 2.87 bits per heavy atom. The van der Waals surface area contributed by atoms with E-state index in [0.29, 0.717) is 19.0 Å². The number of carbonyl (C=O) groups is 1. The molecule has 124 valence electrons. The number of hydrogen-bond acceptors (Lipinski definition) is 4. The van der Waals surface area contributed by atoms with Crippen molar-refractivity contribution < 1.29 is 4.79 Å². The van der Waals surface area contributed by atoms with Crippen LogP contribution < -0.4 is 11.1 Å². The van der Waals surface area contributed by atoms with Gasteiger partial charge in [-0.25, -0.2) is 4.98 Å². The molecule has 2 aromatic rings. The first-order valence-corrected chi connectivity index (χ1v) is 9.41. The summed E-state index contributed by atoms with van der Waals surface area (Å²) in [5, 5.41) is 3.16. The van der Waals surface area contributed by atoms with Gasteiger partial charge in [0.05, 0.1) is 22.3 Å². The number of nitrogens with two attached hydrogens (primary N) is 1. The van der Waals surface area contributed by atoms with Crippen LogP contribution in [-0.2, 0) is 17.1 Å². The van der Waals surface area contributed by atoms with E-state index in [-0.39, 0.29) is 11.4 Å². The summed E-state index contributed by atoms with van der Waals surface area (Å²) >= 11 is 1.71. The van der Waals surface area contributed by atoms with Gasteiger partial charge in [-0.05, 0) is 44.1 Å². The molecule has 0 spiro atoms. The summed E-state index contributed by atoms with van der Waals surface area (Å²) in [7, 11) is 0. The maximum Gasteiger partial charge on any atom is 0.240 e. The maximum absolute atomic E-state index is 12.6. The summed E-state index contributed by atoms with van der Waals surface area (Å²) in [4.78, 5) is 17.3. The molecule has 1 amide bonds. The number of carbonyl (C=O) groups excluding carboxylic acids is 1. The quantitative estimate of drug-likeness (QED) is 0.815. The lowest BCUT2D eigenvalue weighted by Crippen LogP contribution is -2.54. The van der Waals surface area contributed by atoms with Crippen LogP contribution in [0.4, 0.5) is 0 Å². The second-order valence-electron chi connectivity index (χ2n) is 6.48. The van der Waals surface area contributed by atoms with Crippen LogP contribution in [-0.4, -0.2) is 33.8 Å². The van der Waals surface area contributed by atoms with E-state index < -0.39 is 0 Å². The highest BCUT2D eigenvalue weighted by atomic mass is 32.2. The van der Waals surface area contributed by atoms with Gasteiger partial charge < -0.3 is 15.6 Å². The van der Waals surface area contributed by atoms with E-state index in [9.17, 15) is 4.79 Å². The minimum absolute atomic E-state index is 0.00959. The molecule has 1 aromatic heterocycles. The van der Waals surface area contributed by atoms with E-state index in [1.807, 2.05) is 35.1 Å². The van der Waals surface area contributed by atoms with Gasteiger partial charge in [-0.1, -0.05) is 12.1 Å². The van der Waals surface area contributed by atoms with Crippen LogP contribution in [0.2, 0.25) is 0 Å². The fourth-order valence-corrected chi connectivity index (χ4v) is 3.56. The highest BCUT2D eigenvalue weighted by Gasteiger charge is 2.41. The van der Waals surface area contributed by atoms with Crippen molar-refractivity contribution in [3.63, 3.8) is 0 Å². The first-order valence-electron chi connectivity index (χ1n) is 8.01. The Balaban J connectivity index is 1.82. The summed E-state index contributed by atoms with van der Waals surface area (Å²) < 4.78 is 2.02. The van der Waals surface area contributed by atoms with Gasteiger partial charge >= 0.3 is 0 Å². The molecule has 3 N–H and O–H groups in total. The van der Waals surface area contributed by atoms with Crippen LogP contribution in [0.3, 0.4) is 0 Å². The van der Waals surface area contributed by atoms with Crippen molar-refractivity contribution in [3.8, 4) is 0 Å². The van der Waals surface area contributed by atoms with Crippen molar-refractivity contribution in [1.29, 1.82) is 0 Å². The van der Waals surface area contributed by atoms with Gasteiger partial charge in [-0.3, -0.25) is 4.79 Å². The fraction of sp³-hybridized carbons (Fsp3) is 0.529. The van der Waals surface area contributed by atoms with Crippen LogP contribution in [0.25, 0.3) is 11.0 Å². The fourth-order valence-electron chi connectivity index (χ4n) is 3.08. The molecule has 1 atom stereocenters. The van der Waals surface area contributed by atoms with E-state index >= 15 is 0 Å². The Bertz CT molecular complexity index is 710. The number of benzene rings is 1. The summed E-state index contributed by atoms with van der Waals surface area (Å²) in [5.74, 6) is 2.25. The molecular weight excluding hydrogens is 308 g/mol. The average Bonchev–Trinajstić information content (AvgIpc) is 3.34. The predicted octanol–water partition coefficient (Wildman–Crippen LogP) is 2.14. The van der Waals surface area contributed by atoms with E-state index in [1.54, 1.807) is 11.8 Å². The Morgan fingerprint density at radius 2 is 2.22 bits per heavy atom. The van der Waals surface area contributed by atoms with Gasteiger partial charge in [0.2, 0.25) is 5.91 Å².